The number of halogens is 6. The molecule has 1 aliphatic rings. The molecule has 2 aromatic rings. The summed E-state index contributed by atoms with van der Waals surface area (Å²) in [6, 6.07) is 7.40. The Morgan fingerprint density at radius 3 is 2.07 bits per heavy atom. The fraction of sp³-hybridized carbons (Fsp3) is 0.500. The normalized spacial score (nSPS) is 16.2. The van der Waals surface area contributed by atoms with E-state index in [9.17, 15) is 26.3 Å². The van der Waals surface area contributed by atoms with E-state index in [4.69, 9.17) is 13.0 Å². The van der Waals surface area contributed by atoms with Crippen LogP contribution in [0, 0.1) is 0 Å². The van der Waals surface area contributed by atoms with Crippen LogP contribution in [-0.4, -0.2) is 18.5 Å². The molecular formula is C16H16F6O3S2. The van der Waals surface area contributed by atoms with E-state index in [-0.39, 0.29) is 5.92 Å². The van der Waals surface area contributed by atoms with Gasteiger partial charge in [-0.05, 0) is 30.9 Å². The van der Waals surface area contributed by atoms with Crippen molar-refractivity contribution in [1.82, 2.24) is 0 Å². The van der Waals surface area contributed by atoms with Crippen LogP contribution in [0.1, 0.15) is 42.5 Å². The summed E-state index contributed by atoms with van der Waals surface area (Å²) in [4.78, 5) is 0.621. The van der Waals surface area contributed by atoms with Gasteiger partial charge in [0, 0.05) is 23.4 Å². The number of benzene rings is 1. The number of rotatable bonds is 3. The first kappa shape index (κ1) is 22.0. The third kappa shape index (κ3) is 5.35. The highest BCUT2D eigenvalue weighted by Crippen LogP contribution is 2.57. The van der Waals surface area contributed by atoms with Gasteiger partial charge < -0.3 is 4.55 Å². The molecule has 1 heterocycles. The molecule has 0 N–H and O–H groups in total. The molecule has 3 nitrogen and oxygen atoms in total. The summed E-state index contributed by atoms with van der Waals surface area (Å²) in [5, 5.41) is 0.780. The van der Waals surface area contributed by atoms with Crippen LogP contribution in [0.5, 0.6) is 0 Å². The average molecular weight is 434 g/mol. The second-order valence-corrected chi connectivity index (χ2v) is 9.45. The highest BCUT2D eigenvalue weighted by molar-refractivity contribution is 7.86. The van der Waals surface area contributed by atoms with Crippen molar-refractivity contribution in [3.8, 4) is 0 Å². The minimum atomic E-state index is -6.09. The van der Waals surface area contributed by atoms with Crippen molar-refractivity contribution >= 4 is 30.7 Å². The molecule has 1 atom stereocenters. The second-order valence-electron chi connectivity index (χ2n) is 6.09. The summed E-state index contributed by atoms with van der Waals surface area (Å²) in [5.74, 6) is 0.173. The molecule has 1 aliphatic carbocycles. The van der Waals surface area contributed by atoms with E-state index in [1.807, 2.05) is 19.1 Å². The van der Waals surface area contributed by atoms with Gasteiger partial charge in [0.1, 0.15) is 0 Å². The molecule has 152 valence electrons. The van der Waals surface area contributed by atoms with Gasteiger partial charge in [0.15, 0.2) is 19.7 Å². The molecule has 1 fully saturated rings. The van der Waals surface area contributed by atoms with Crippen LogP contribution in [-0.2, 0) is 22.0 Å². The van der Waals surface area contributed by atoms with Crippen molar-refractivity contribution < 1.29 is 39.3 Å². The molecule has 0 spiro atoms. The van der Waals surface area contributed by atoms with Crippen LogP contribution < -0.4 is 0 Å². The Morgan fingerprint density at radius 2 is 1.67 bits per heavy atom. The van der Waals surface area contributed by atoms with Crippen molar-refractivity contribution in [2.45, 2.75) is 49.5 Å². The molecule has 0 radical (unpaired) electrons. The monoisotopic (exact) mass is 434 g/mol. The summed E-state index contributed by atoms with van der Waals surface area (Å²) in [7, 11) is -7.77. The maximum Gasteiger partial charge on any atom is 0.600 e. The molecule has 1 aromatic carbocycles. The smallest absolute Gasteiger partial charge is 0.600 e. The first-order valence-electron chi connectivity index (χ1n) is 7.93. The fourth-order valence-electron chi connectivity index (χ4n) is 2.57. The maximum absolute atomic E-state index is 13.4. The van der Waals surface area contributed by atoms with Crippen LogP contribution in [0.2, 0.25) is 0 Å². The Labute approximate surface area is 154 Å². The van der Waals surface area contributed by atoms with E-state index in [0.717, 1.165) is 36.6 Å². The van der Waals surface area contributed by atoms with E-state index in [2.05, 4.69) is 0 Å². The van der Waals surface area contributed by atoms with Crippen molar-refractivity contribution in [1.29, 1.82) is 0 Å². The van der Waals surface area contributed by atoms with E-state index in [1.165, 1.54) is 0 Å². The lowest BCUT2D eigenvalue weighted by molar-refractivity contribution is -0.0867. The molecule has 27 heavy (non-hydrogen) atoms. The zero-order valence-electron chi connectivity index (χ0n) is 14.0. The SMILES string of the molecule is CCCc1ccc2cc(C3CC3)[s+](C(F)(F)F)c2c1.O=S(=O)([O-])C(F)(F)F. The Balaban J connectivity index is 0.000000279. The Hall–Kier alpha value is -1.33. The van der Waals surface area contributed by atoms with Gasteiger partial charge in [0.2, 0.25) is 0 Å². The van der Waals surface area contributed by atoms with Gasteiger partial charge in [-0.15, -0.1) is 13.2 Å². The van der Waals surface area contributed by atoms with Crippen LogP contribution in [0.4, 0.5) is 26.3 Å². The third-order valence-electron chi connectivity index (χ3n) is 3.86. The van der Waals surface area contributed by atoms with Gasteiger partial charge in [-0.3, -0.25) is 0 Å². The first-order chi connectivity index (χ1) is 12.3. The molecule has 0 saturated heterocycles. The molecule has 3 rings (SSSR count). The molecule has 1 aromatic heterocycles. The van der Waals surface area contributed by atoms with Crippen molar-refractivity contribution in [3.63, 3.8) is 0 Å². The third-order valence-corrected chi connectivity index (χ3v) is 6.61. The Kier molecular flexibility index (Phi) is 6.18. The van der Waals surface area contributed by atoms with Crippen molar-refractivity contribution in [2.24, 2.45) is 0 Å². The molecule has 0 aliphatic heterocycles. The van der Waals surface area contributed by atoms with Gasteiger partial charge >= 0.3 is 11.0 Å². The quantitative estimate of drug-likeness (QED) is 0.260. The zero-order valence-corrected chi connectivity index (χ0v) is 15.7. The minimum absolute atomic E-state index is 0.173. The van der Waals surface area contributed by atoms with Gasteiger partial charge in [-0.1, -0.05) is 19.4 Å². The van der Waals surface area contributed by atoms with Crippen LogP contribution >= 0.6 is 10.5 Å². The number of thiophene rings is 1. The lowest BCUT2D eigenvalue weighted by Gasteiger charge is -2.08. The van der Waals surface area contributed by atoms with Gasteiger partial charge in [-0.2, -0.15) is 13.2 Å². The van der Waals surface area contributed by atoms with Crippen LogP contribution in [0.3, 0.4) is 0 Å². The largest absolute Gasteiger partial charge is 0.741 e. The summed E-state index contributed by atoms with van der Waals surface area (Å²) in [5.41, 5.74) is -8.76. The highest BCUT2D eigenvalue weighted by atomic mass is 32.2. The predicted octanol–water partition coefficient (Wildman–Crippen LogP) is 5.95. The Morgan fingerprint density at radius 1 is 1.11 bits per heavy atom. The molecule has 1 saturated carbocycles. The standard InChI is InChI=1S/C15H16F3S.CHF3O3S/c1-2-3-10-4-5-12-9-14(11-6-7-11)19(13(12)8-10)15(16,17)18;2-1(3,4)8(5,6)7/h4-5,8-9,11H,2-3,6-7H2,1H3;(H,5,6,7)/q+1;/p-1. The van der Waals surface area contributed by atoms with E-state index >= 15 is 0 Å². The number of fused-ring (bicyclic) bond motifs is 1. The number of hydrogen-bond acceptors (Lipinski definition) is 3. The van der Waals surface area contributed by atoms with E-state index < -0.39 is 31.6 Å². The minimum Gasteiger partial charge on any atom is -0.741 e. The summed E-state index contributed by atoms with van der Waals surface area (Å²) < 4.78 is 99.5. The molecular weight excluding hydrogens is 418 g/mol. The highest BCUT2D eigenvalue weighted by Gasteiger charge is 2.51. The first-order valence-corrected chi connectivity index (χ1v) is 10.6. The van der Waals surface area contributed by atoms with Crippen LogP contribution in [0.15, 0.2) is 24.3 Å². The predicted molar refractivity (Wildman–Crippen MR) is 89.4 cm³/mol. The topological polar surface area (TPSA) is 57.2 Å². The lowest BCUT2D eigenvalue weighted by Crippen LogP contribution is -2.21. The zero-order chi connectivity index (χ0) is 20.6. The van der Waals surface area contributed by atoms with Crippen LogP contribution in [0.25, 0.3) is 10.1 Å². The lowest BCUT2D eigenvalue weighted by atomic mass is 10.1. The van der Waals surface area contributed by atoms with Gasteiger partial charge in [-0.25, -0.2) is 8.42 Å². The number of aryl methyl sites for hydroxylation is 1. The summed E-state index contributed by atoms with van der Waals surface area (Å²) >= 11 is 0. The molecule has 1 unspecified atom stereocenters. The average Bonchev–Trinajstić information content (AvgIpc) is 3.25. The maximum atomic E-state index is 13.4. The van der Waals surface area contributed by atoms with Gasteiger partial charge in [0.05, 0.1) is 10.5 Å². The fourth-order valence-corrected chi connectivity index (χ4v) is 4.79. The summed E-state index contributed by atoms with van der Waals surface area (Å²) in [6.07, 6.45) is 3.64. The van der Waals surface area contributed by atoms with Gasteiger partial charge in [0.25, 0.3) is 0 Å². The van der Waals surface area contributed by atoms with Crippen molar-refractivity contribution in [3.05, 3.63) is 34.7 Å². The molecule has 0 bridgehead atoms. The number of alkyl halides is 6. The number of hydrogen-bond donors (Lipinski definition) is 0. The second kappa shape index (κ2) is 7.59. The molecule has 11 heteroatoms. The summed E-state index contributed by atoms with van der Waals surface area (Å²) in [6.45, 7) is 2.05. The van der Waals surface area contributed by atoms with Crippen molar-refractivity contribution in [2.75, 3.05) is 0 Å². The van der Waals surface area contributed by atoms with E-state index in [0.29, 0.717) is 9.58 Å². The Bertz CT molecular complexity index is 909. The van der Waals surface area contributed by atoms with E-state index in [1.54, 1.807) is 12.1 Å². The molecule has 0 amide bonds.